The van der Waals surface area contributed by atoms with Crippen LogP contribution in [0.4, 0.5) is 0 Å². The zero-order chi connectivity index (χ0) is 10.1. The van der Waals surface area contributed by atoms with Crippen molar-refractivity contribution < 1.29 is 14.6 Å². The molecule has 0 unspecified atom stereocenters. The molecular formula is C10H20O3. The molecule has 0 aliphatic heterocycles. The summed E-state index contributed by atoms with van der Waals surface area (Å²) >= 11 is 0. The maximum atomic E-state index is 8.92. The number of hydrogen-bond donors (Lipinski definition) is 1. The molecule has 0 saturated carbocycles. The van der Waals surface area contributed by atoms with Crippen molar-refractivity contribution in [3.05, 3.63) is 11.6 Å². The Labute approximate surface area is 80.4 Å². The Morgan fingerprint density at radius 1 is 1.46 bits per heavy atom. The predicted molar refractivity (Wildman–Crippen MR) is 52.5 cm³/mol. The number of rotatable bonds is 7. The summed E-state index contributed by atoms with van der Waals surface area (Å²) < 4.78 is 9.97. The highest BCUT2D eigenvalue weighted by Gasteiger charge is 2.05. The molecule has 0 aromatic carbocycles. The summed E-state index contributed by atoms with van der Waals surface area (Å²) in [7, 11) is 1.57. The molecule has 0 fully saturated rings. The first-order chi connectivity index (χ1) is 6.20. The van der Waals surface area contributed by atoms with Gasteiger partial charge in [-0.3, -0.25) is 0 Å². The molecule has 3 heteroatoms. The van der Waals surface area contributed by atoms with Crippen LogP contribution in [0.15, 0.2) is 11.6 Å². The second-order valence-electron chi connectivity index (χ2n) is 3.24. The van der Waals surface area contributed by atoms with Gasteiger partial charge in [0.25, 0.3) is 0 Å². The van der Waals surface area contributed by atoms with E-state index in [-0.39, 0.29) is 19.5 Å². The molecule has 0 spiro atoms. The molecule has 3 nitrogen and oxygen atoms in total. The molecule has 0 heterocycles. The van der Waals surface area contributed by atoms with E-state index < -0.39 is 0 Å². The van der Waals surface area contributed by atoms with Gasteiger partial charge in [-0.1, -0.05) is 11.6 Å². The Bertz CT molecular complexity index is 139. The van der Waals surface area contributed by atoms with Gasteiger partial charge in [0.2, 0.25) is 0 Å². The summed E-state index contributed by atoms with van der Waals surface area (Å²) in [4.78, 5) is 0. The Kier molecular flexibility index (Phi) is 7.99. The fraction of sp³-hybridized carbons (Fsp3) is 0.800. The van der Waals surface area contributed by atoms with Gasteiger partial charge in [-0.05, 0) is 26.7 Å². The molecular weight excluding hydrogens is 168 g/mol. The van der Waals surface area contributed by atoms with Crippen molar-refractivity contribution in [3.63, 3.8) is 0 Å². The standard InChI is InChI=1S/C10H20O3/c1-9(2)5-4-6-10(7-11)13-8-12-3/h5,10-11H,4,6-8H2,1-3H3/t10-/m0/s1. The molecule has 13 heavy (non-hydrogen) atoms. The van der Waals surface area contributed by atoms with Gasteiger partial charge in [-0.15, -0.1) is 0 Å². The lowest BCUT2D eigenvalue weighted by molar-refractivity contribution is -0.0888. The first-order valence-corrected chi connectivity index (χ1v) is 4.55. The van der Waals surface area contributed by atoms with Crippen LogP contribution in [0.3, 0.4) is 0 Å². The van der Waals surface area contributed by atoms with Gasteiger partial charge >= 0.3 is 0 Å². The first-order valence-electron chi connectivity index (χ1n) is 4.55. The lowest BCUT2D eigenvalue weighted by Crippen LogP contribution is -2.18. The quantitative estimate of drug-likeness (QED) is 0.488. The molecule has 0 aliphatic carbocycles. The van der Waals surface area contributed by atoms with E-state index in [0.29, 0.717) is 0 Å². The van der Waals surface area contributed by atoms with E-state index in [0.717, 1.165) is 12.8 Å². The molecule has 0 bridgehead atoms. The van der Waals surface area contributed by atoms with Crippen molar-refractivity contribution in [2.75, 3.05) is 20.5 Å². The van der Waals surface area contributed by atoms with Gasteiger partial charge in [0.1, 0.15) is 6.79 Å². The zero-order valence-corrected chi connectivity index (χ0v) is 8.75. The molecule has 0 aromatic rings. The van der Waals surface area contributed by atoms with Crippen LogP contribution in [-0.2, 0) is 9.47 Å². The Morgan fingerprint density at radius 2 is 2.15 bits per heavy atom. The van der Waals surface area contributed by atoms with Crippen molar-refractivity contribution in [1.82, 2.24) is 0 Å². The number of aliphatic hydroxyl groups is 1. The number of hydrogen-bond acceptors (Lipinski definition) is 3. The fourth-order valence-electron chi connectivity index (χ4n) is 0.949. The highest BCUT2D eigenvalue weighted by atomic mass is 16.7. The molecule has 0 radical (unpaired) electrons. The number of aliphatic hydroxyl groups excluding tert-OH is 1. The lowest BCUT2D eigenvalue weighted by Gasteiger charge is -2.13. The van der Waals surface area contributed by atoms with Crippen LogP contribution in [-0.4, -0.2) is 31.7 Å². The van der Waals surface area contributed by atoms with Crippen LogP contribution >= 0.6 is 0 Å². The Hall–Kier alpha value is -0.380. The average molecular weight is 188 g/mol. The van der Waals surface area contributed by atoms with Gasteiger partial charge in [0.05, 0.1) is 12.7 Å². The summed E-state index contributed by atoms with van der Waals surface area (Å²) in [5.74, 6) is 0. The normalized spacial score (nSPS) is 12.6. The van der Waals surface area contributed by atoms with E-state index in [1.165, 1.54) is 5.57 Å². The van der Waals surface area contributed by atoms with Gasteiger partial charge < -0.3 is 14.6 Å². The van der Waals surface area contributed by atoms with Gasteiger partial charge in [-0.25, -0.2) is 0 Å². The summed E-state index contributed by atoms with van der Waals surface area (Å²) in [5, 5.41) is 8.92. The highest BCUT2D eigenvalue weighted by Crippen LogP contribution is 2.04. The maximum absolute atomic E-state index is 8.92. The second-order valence-corrected chi connectivity index (χ2v) is 3.24. The van der Waals surface area contributed by atoms with Crippen LogP contribution in [0.2, 0.25) is 0 Å². The summed E-state index contributed by atoms with van der Waals surface area (Å²) in [6, 6.07) is 0. The third kappa shape index (κ3) is 7.96. The van der Waals surface area contributed by atoms with Crippen molar-refractivity contribution >= 4 is 0 Å². The van der Waals surface area contributed by atoms with Crippen LogP contribution in [0.5, 0.6) is 0 Å². The van der Waals surface area contributed by atoms with Crippen molar-refractivity contribution in [1.29, 1.82) is 0 Å². The van der Waals surface area contributed by atoms with Crippen molar-refractivity contribution in [2.24, 2.45) is 0 Å². The fourth-order valence-corrected chi connectivity index (χ4v) is 0.949. The molecule has 1 atom stereocenters. The minimum Gasteiger partial charge on any atom is -0.394 e. The molecule has 0 aliphatic rings. The minimum atomic E-state index is -0.101. The highest BCUT2D eigenvalue weighted by molar-refractivity contribution is 4.92. The average Bonchev–Trinajstić information content (AvgIpc) is 2.10. The third-order valence-electron chi connectivity index (χ3n) is 1.67. The second kappa shape index (κ2) is 8.23. The van der Waals surface area contributed by atoms with E-state index in [1.54, 1.807) is 7.11 Å². The van der Waals surface area contributed by atoms with Crippen LogP contribution < -0.4 is 0 Å². The van der Waals surface area contributed by atoms with E-state index in [1.807, 2.05) is 0 Å². The number of ether oxygens (including phenoxy) is 2. The van der Waals surface area contributed by atoms with Crippen molar-refractivity contribution in [2.45, 2.75) is 32.8 Å². The number of allylic oxidation sites excluding steroid dienone is 2. The summed E-state index contributed by atoms with van der Waals surface area (Å²) in [6.45, 7) is 4.42. The van der Waals surface area contributed by atoms with Gasteiger partial charge in [0, 0.05) is 7.11 Å². The molecule has 78 valence electrons. The van der Waals surface area contributed by atoms with Crippen LogP contribution in [0, 0.1) is 0 Å². The van der Waals surface area contributed by atoms with Gasteiger partial charge in [0.15, 0.2) is 0 Å². The smallest absolute Gasteiger partial charge is 0.146 e. The predicted octanol–water partition coefficient (Wildman–Crippen LogP) is 1.71. The zero-order valence-electron chi connectivity index (χ0n) is 8.75. The lowest BCUT2D eigenvalue weighted by atomic mass is 10.1. The van der Waals surface area contributed by atoms with E-state index >= 15 is 0 Å². The van der Waals surface area contributed by atoms with Crippen molar-refractivity contribution in [3.8, 4) is 0 Å². The first kappa shape index (κ1) is 12.6. The summed E-state index contributed by atoms with van der Waals surface area (Å²) in [6.07, 6.45) is 3.82. The van der Waals surface area contributed by atoms with E-state index in [9.17, 15) is 0 Å². The maximum Gasteiger partial charge on any atom is 0.146 e. The Morgan fingerprint density at radius 3 is 2.62 bits per heavy atom. The molecule has 0 saturated heterocycles. The molecule has 0 amide bonds. The SMILES string of the molecule is COCO[C@H](CO)CCC=C(C)C. The minimum absolute atomic E-state index is 0.0555. The monoisotopic (exact) mass is 188 g/mol. The van der Waals surface area contributed by atoms with E-state index in [2.05, 4.69) is 19.9 Å². The molecule has 0 rings (SSSR count). The summed E-state index contributed by atoms with van der Waals surface area (Å²) in [5.41, 5.74) is 1.29. The molecule has 0 aromatic heterocycles. The third-order valence-corrected chi connectivity index (χ3v) is 1.67. The van der Waals surface area contributed by atoms with Gasteiger partial charge in [-0.2, -0.15) is 0 Å². The molecule has 1 N–H and O–H groups in total. The number of methoxy groups -OCH3 is 1. The largest absolute Gasteiger partial charge is 0.394 e. The van der Waals surface area contributed by atoms with Crippen LogP contribution in [0.25, 0.3) is 0 Å². The Balaban J connectivity index is 3.53. The van der Waals surface area contributed by atoms with E-state index in [4.69, 9.17) is 14.6 Å². The topological polar surface area (TPSA) is 38.7 Å². The van der Waals surface area contributed by atoms with Crippen LogP contribution in [0.1, 0.15) is 26.7 Å².